The third kappa shape index (κ3) is 4.54. The second-order valence-corrected chi connectivity index (χ2v) is 7.06. The van der Waals surface area contributed by atoms with Gasteiger partial charge in [-0.1, -0.05) is 19.3 Å². The fourth-order valence-corrected chi connectivity index (χ4v) is 3.79. The predicted molar refractivity (Wildman–Crippen MR) is 77.4 cm³/mol. The Kier molecular flexibility index (Phi) is 5.80. The number of hydrogen-bond donors (Lipinski definition) is 2. The second kappa shape index (κ2) is 7.40. The Morgan fingerprint density at radius 2 is 2.10 bits per heavy atom. The van der Waals surface area contributed by atoms with Crippen LogP contribution in [0.3, 0.4) is 0 Å². The molecule has 2 rings (SSSR count). The molecule has 21 heavy (non-hydrogen) atoms. The zero-order chi connectivity index (χ0) is 15.3. The largest absolute Gasteiger partial charge is 0.462 e. The quantitative estimate of drug-likeness (QED) is 0.747. The maximum atomic E-state index is 12.1. The van der Waals surface area contributed by atoms with Crippen LogP contribution in [0.5, 0.6) is 0 Å². The summed E-state index contributed by atoms with van der Waals surface area (Å²) in [6, 6.07) is 1.35. The van der Waals surface area contributed by atoms with Gasteiger partial charge in [0.1, 0.15) is 23.0 Å². The average Bonchev–Trinajstić information content (AvgIpc) is 2.87. The molecule has 1 aliphatic rings. The molecule has 0 aromatic carbocycles. The fraction of sp³-hybridized carbons (Fsp3) is 0.714. The highest BCUT2D eigenvalue weighted by molar-refractivity contribution is 7.89. The minimum atomic E-state index is -3.62. The first-order valence-corrected chi connectivity index (χ1v) is 8.82. The molecule has 6 nitrogen and oxygen atoms in total. The monoisotopic (exact) mass is 317 g/mol. The van der Waals surface area contributed by atoms with Gasteiger partial charge in [-0.05, 0) is 19.8 Å². The number of nitrogens with one attached hydrogen (secondary N) is 1. The van der Waals surface area contributed by atoms with Crippen LogP contribution in [-0.4, -0.2) is 32.8 Å². The summed E-state index contributed by atoms with van der Waals surface area (Å²) in [7, 11) is -3.62. The lowest BCUT2D eigenvalue weighted by molar-refractivity contribution is 0.0321. The highest BCUT2D eigenvalue weighted by Gasteiger charge is 2.21. The average molecular weight is 317 g/mol. The Morgan fingerprint density at radius 1 is 1.38 bits per heavy atom. The van der Waals surface area contributed by atoms with Crippen molar-refractivity contribution < 1.29 is 22.7 Å². The molecular weight excluding hydrogens is 294 g/mol. The second-order valence-electron chi connectivity index (χ2n) is 5.32. The van der Waals surface area contributed by atoms with E-state index in [0.29, 0.717) is 6.61 Å². The maximum absolute atomic E-state index is 12.1. The molecule has 0 radical (unpaired) electrons. The normalized spacial score (nSPS) is 17.2. The van der Waals surface area contributed by atoms with E-state index in [4.69, 9.17) is 14.3 Å². The standard InChI is InChI=1S/C14H23NO5S/c1-11-14(9-13(10-16)20-11)21(17,18)15-7-8-19-12-5-3-2-4-6-12/h9,12,15-16H,2-8,10H2,1H3. The SMILES string of the molecule is Cc1oc(CO)cc1S(=O)(=O)NCCOC1CCCCC1. The lowest BCUT2D eigenvalue weighted by atomic mass is 9.98. The van der Waals surface area contributed by atoms with Crippen molar-refractivity contribution in [3.05, 3.63) is 17.6 Å². The molecule has 7 heteroatoms. The van der Waals surface area contributed by atoms with Gasteiger partial charge in [0.25, 0.3) is 0 Å². The van der Waals surface area contributed by atoms with Crippen molar-refractivity contribution >= 4 is 10.0 Å². The number of aryl methyl sites for hydroxylation is 1. The summed E-state index contributed by atoms with van der Waals surface area (Å²) < 4.78 is 37.6. The molecule has 0 unspecified atom stereocenters. The van der Waals surface area contributed by atoms with E-state index in [1.165, 1.54) is 25.3 Å². The maximum Gasteiger partial charge on any atom is 0.244 e. The summed E-state index contributed by atoms with van der Waals surface area (Å²) >= 11 is 0. The minimum Gasteiger partial charge on any atom is -0.462 e. The zero-order valence-electron chi connectivity index (χ0n) is 12.3. The Labute approximate surface area is 125 Å². The third-order valence-corrected chi connectivity index (χ3v) is 5.24. The summed E-state index contributed by atoms with van der Waals surface area (Å²) in [4.78, 5) is 0.0733. The van der Waals surface area contributed by atoms with Gasteiger partial charge in [0.05, 0.1) is 12.7 Å². The van der Waals surface area contributed by atoms with Crippen molar-refractivity contribution in [1.82, 2.24) is 4.72 Å². The third-order valence-electron chi connectivity index (χ3n) is 3.67. The van der Waals surface area contributed by atoms with Crippen molar-refractivity contribution in [2.45, 2.75) is 56.6 Å². The van der Waals surface area contributed by atoms with Gasteiger partial charge in [-0.3, -0.25) is 0 Å². The van der Waals surface area contributed by atoms with Crippen LogP contribution < -0.4 is 4.72 Å². The predicted octanol–water partition coefficient (Wildman–Crippen LogP) is 1.71. The molecule has 0 spiro atoms. The molecule has 120 valence electrons. The van der Waals surface area contributed by atoms with Crippen LogP contribution in [0.4, 0.5) is 0 Å². The molecule has 0 saturated heterocycles. The molecule has 1 aliphatic carbocycles. The Morgan fingerprint density at radius 3 is 2.71 bits per heavy atom. The number of aliphatic hydroxyl groups excluding tert-OH is 1. The van der Waals surface area contributed by atoms with Gasteiger partial charge >= 0.3 is 0 Å². The number of ether oxygens (including phenoxy) is 1. The summed E-state index contributed by atoms with van der Waals surface area (Å²) in [5.41, 5.74) is 0. The molecule has 1 aromatic rings. The van der Waals surface area contributed by atoms with Crippen molar-refractivity contribution in [3.8, 4) is 0 Å². The number of rotatable bonds is 7. The van der Waals surface area contributed by atoms with Crippen molar-refractivity contribution in [3.63, 3.8) is 0 Å². The van der Waals surface area contributed by atoms with Crippen molar-refractivity contribution in [2.24, 2.45) is 0 Å². The van der Waals surface area contributed by atoms with Crippen LogP contribution in [0.15, 0.2) is 15.4 Å². The van der Waals surface area contributed by atoms with E-state index in [2.05, 4.69) is 4.72 Å². The van der Waals surface area contributed by atoms with Gasteiger partial charge in [0, 0.05) is 12.6 Å². The van der Waals surface area contributed by atoms with Crippen LogP contribution in [0.2, 0.25) is 0 Å². The number of furan rings is 1. The van der Waals surface area contributed by atoms with Gasteiger partial charge in [0.15, 0.2) is 0 Å². The van der Waals surface area contributed by atoms with Crippen LogP contribution in [0, 0.1) is 6.92 Å². The van der Waals surface area contributed by atoms with Gasteiger partial charge in [-0.25, -0.2) is 13.1 Å². The Balaban J connectivity index is 1.82. The lowest BCUT2D eigenvalue weighted by Gasteiger charge is -2.21. The van der Waals surface area contributed by atoms with Crippen molar-refractivity contribution in [2.75, 3.05) is 13.2 Å². The van der Waals surface area contributed by atoms with E-state index in [1.54, 1.807) is 6.92 Å². The van der Waals surface area contributed by atoms with E-state index in [9.17, 15) is 8.42 Å². The zero-order valence-corrected chi connectivity index (χ0v) is 13.1. The minimum absolute atomic E-state index is 0.0733. The van der Waals surface area contributed by atoms with E-state index in [1.807, 2.05) is 0 Å². The van der Waals surface area contributed by atoms with E-state index in [-0.39, 0.29) is 35.7 Å². The first-order chi connectivity index (χ1) is 10.0. The molecule has 0 atom stereocenters. The van der Waals surface area contributed by atoms with E-state index in [0.717, 1.165) is 12.8 Å². The number of sulfonamides is 1. The van der Waals surface area contributed by atoms with Crippen LogP contribution >= 0.6 is 0 Å². The molecule has 0 aliphatic heterocycles. The first-order valence-electron chi connectivity index (χ1n) is 7.34. The van der Waals surface area contributed by atoms with Crippen LogP contribution in [0.1, 0.15) is 43.6 Å². The van der Waals surface area contributed by atoms with Crippen LogP contribution in [-0.2, 0) is 21.4 Å². The van der Waals surface area contributed by atoms with Gasteiger partial charge < -0.3 is 14.3 Å². The molecule has 1 aromatic heterocycles. The summed E-state index contributed by atoms with van der Waals surface area (Å²) in [6.07, 6.45) is 6.03. The summed E-state index contributed by atoms with van der Waals surface area (Å²) in [5, 5.41) is 8.97. The lowest BCUT2D eigenvalue weighted by Crippen LogP contribution is -2.29. The Bertz CT molecular complexity index is 546. The highest BCUT2D eigenvalue weighted by Crippen LogP contribution is 2.21. The van der Waals surface area contributed by atoms with Gasteiger partial charge in [0.2, 0.25) is 10.0 Å². The Hall–Kier alpha value is -0.890. The van der Waals surface area contributed by atoms with Crippen LogP contribution in [0.25, 0.3) is 0 Å². The first kappa shape index (κ1) is 16.5. The highest BCUT2D eigenvalue weighted by atomic mass is 32.2. The summed E-state index contributed by atoms with van der Waals surface area (Å²) in [5.74, 6) is 0.520. The molecule has 0 amide bonds. The van der Waals surface area contributed by atoms with Crippen molar-refractivity contribution in [1.29, 1.82) is 0 Å². The summed E-state index contributed by atoms with van der Waals surface area (Å²) in [6.45, 7) is 1.85. The van der Waals surface area contributed by atoms with Gasteiger partial charge in [-0.2, -0.15) is 0 Å². The molecule has 1 fully saturated rings. The smallest absolute Gasteiger partial charge is 0.244 e. The molecule has 0 bridgehead atoms. The number of aliphatic hydroxyl groups is 1. The fourth-order valence-electron chi connectivity index (χ4n) is 2.58. The topological polar surface area (TPSA) is 88.8 Å². The molecule has 1 heterocycles. The number of hydrogen-bond acceptors (Lipinski definition) is 5. The van der Waals surface area contributed by atoms with E-state index < -0.39 is 10.0 Å². The molecular formula is C14H23NO5S. The van der Waals surface area contributed by atoms with E-state index >= 15 is 0 Å². The molecule has 2 N–H and O–H groups in total. The van der Waals surface area contributed by atoms with Gasteiger partial charge in [-0.15, -0.1) is 0 Å². The molecule has 1 saturated carbocycles.